The Kier molecular flexibility index (Phi) is 4.09. The van der Waals surface area contributed by atoms with Crippen LogP contribution < -0.4 is 5.73 Å². The topological polar surface area (TPSA) is 43.1 Å². The summed E-state index contributed by atoms with van der Waals surface area (Å²) < 4.78 is 0. The van der Waals surface area contributed by atoms with Crippen molar-refractivity contribution >= 4 is 5.78 Å². The second-order valence-corrected chi connectivity index (χ2v) is 5.57. The highest BCUT2D eigenvalue weighted by atomic mass is 16.1. The largest absolute Gasteiger partial charge is 0.327 e. The Bertz CT molecular complexity index is 260. The molecule has 0 spiro atoms. The summed E-state index contributed by atoms with van der Waals surface area (Å²) in [7, 11) is 0. The molecule has 0 aromatic rings. The van der Waals surface area contributed by atoms with E-state index in [0.717, 1.165) is 24.8 Å². The first-order valence-electron chi connectivity index (χ1n) is 5.89. The second-order valence-electron chi connectivity index (χ2n) is 5.57. The summed E-state index contributed by atoms with van der Waals surface area (Å²) in [6, 6.07) is -0.0344. The Morgan fingerprint density at radius 3 is 2.60 bits per heavy atom. The summed E-state index contributed by atoms with van der Waals surface area (Å²) >= 11 is 0. The van der Waals surface area contributed by atoms with E-state index in [1.165, 1.54) is 6.42 Å². The molecular weight excluding hydrogens is 186 g/mol. The number of hydrogen-bond donors (Lipinski definition) is 1. The Morgan fingerprint density at radius 2 is 2.13 bits per heavy atom. The molecule has 1 atom stereocenters. The molecule has 0 fully saturated rings. The zero-order valence-electron chi connectivity index (χ0n) is 10.2. The third kappa shape index (κ3) is 3.78. The molecule has 1 rings (SSSR count). The van der Waals surface area contributed by atoms with E-state index in [9.17, 15) is 4.79 Å². The lowest BCUT2D eigenvalue weighted by molar-refractivity contribution is -0.116. The standard InChI is InChI=1S/C13H23NO/c1-13(2,3)12(14)9-11(15)10-7-5-4-6-8-10/h7,12H,4-6,8-9,14H2,1-3H3. The summed E-state index contributed by atoms with van der Waals surface area (Å²) in [5, 5.41) is 0. The van der Waals surface area contributed by atoms with Gasteiger partial charge < -0.3 is 5.73 Å². The van der Waals surface area contributed by atoms with Gasteiger partial charge in [0.25, 0.3) is 0 Å². The smallest absolute Gasteiger partial charge is 0.160 e. The van der Waals surface area contributed by atoms with Crippen LogP contribution in [0.4, 0.5) is 0 Å². The Labute approximate surface area is 92.9 Å². The van der Waals surface area contributed by atoms with Gasteiger partial charge in [0.2, 0.25) is 0 Å². The van der Waals surface area contributed by atoms with Gasteiger partial charge in [0, 0.05) is 12.5 Å². The molecule has 0 aromatic heterocycles. The quantitative estimate of drug-likeness (QED) is 0.776. The Hall–Kier alpha value is -0.630. The highest BCUT2D eigenvalue weighted by Gasteiger charge is 2.24. The van der Waals surface area contributed by atoms with Gasteiger partial charge in [0.05, 0.1) is 0 Å². The van der Waals surface area contributed by atoms with E-state index in [1.807, 2.05) is 0 Å². The van der Waals surface area contributed by atoms with Gasteiger partial charge in [-0.1, -0.05) is 26.8 Å². The van der Waals surface area contributed by atoms with E-state index in [0.29, 0.717) is 6.42 Å². The van der Waals surface area contributed by atoms with E-state index in [-0.39, 0.29) is 17.2 Å². The monoisotopic (exact) mass is 209 g/mol. The van der Waals surface area contributed by atoms with Crippen LogP contribution >= 0.6 is 0 Å². The minimum absolute atomic E-state index is 0.0187. The first-order chi connectivity index (χ1) is 6.91. The number of carbonyl (C=O) groups excluding carboxylic acids is 1. The zero-order valence-corrected chi connectivity index (χ0v) is 10.2. The van der Waals surface area contributed by atoms with Crippen LogP contribution in [0.15, 0.2) is 11.6 Å². The fraction of sp³-hybridized carbons (Fsp3) is 0.769. The maximum Gasteiger partial charge on any atom is 0.160 e. The average Bonchev–Trinajstić information content (AvgIpc) is 2.17. The Balaban J connectivity index is 2.52. The van der Waals surface area contributed by atoms with Crippen molar-refractivity contribution in [1.29, 1.82) is 0 Å². The van der Waals surface area contributed by atoms with E-state index in [2.05, 4.69) is 26.8 Å². The highest BCUT2D eigenvalue weighted by Crippen LogP contribution is 2.24. The SMILES string of the molecule is CC(C)(C)C(N)CC(=O)C1=CCCCC1. The third-order valence-electron chi connectivity index (χ3n) is 3.17. The van der Waals surface area contributed by atoms with Crippen LogP contribution in [0.5, 0.6) is 0 Å². The molecule has 0 radical (unpaired) electrons. The fourth-order valence-electron chi connectivity index (χ4n) is 1.73. The number of hydrogen-bond acceptors (Lipinski definition) is 2. The lowest BCUT2D eigenvalue weighted by Crippen LogP contribution is -2.37. The van der Waals surface area contributed by atoms with Crippen molar-refractivity contribution in [3.63, 3.8) is 0 Å². The van der Waals surface area contributed by atoms with Gasteiger partial charge >= 0.3 is 0 Å². The number of carbonyl (C=O) groups is 1. The molecule has 2 nitrogen and oxygen atoms in total. The fourth-order valence-corrected chi connectivity index (χ4v) is 1.73. The molecule has 0 bridgehead atoms. The predicted octanol–water partition coefficient (Wildman–Crippen LogP) is 2.82. The summed E-state index contributed by atoms with van der Waals surface area (Å²) in [5.41, 5.74) is 7.04. The molecule has 0 aromatic carbocycles. The maximum absolute atomic E-state index is 11.9. The number of ketones is 1. The van der Waals surface area contributed by atoms with Crippen LogP contribution in [0.25, 0.3) is 0 Å². The van der Waals surface area contributed by atoms with Crippen molar-refractivity contribution in [3.8, 4) is 0 Å². The molecule has 2 N–H and O–H groups in total. The van der Waals surface area contributed by atoms with Crippen LogP contribution in [-0.2, 0) is 4.79 Å². The van der Waals surface area contributed by atoms with E-state index in [4.69, 9.17) is 5.73 Å². The number of rotatable bonds is 3. The van der Waals surface area contributed by atoms with Crippen LogP contribution in [0.3, 0.4) is 0 Å². The minimum atomic E-state index is -0.0344. The van der Waals surface area contributed by atoms with Crippen molar-refractivity contribution in [3.05, 3.63) is 11.6 Å². The molecule has 0 aliphatic heterocycles. The van der Waals surface area contributed by atoms with Gasteiger partial charge in [-0.2, -0.15) is 0 Å². The second kappa shape index (κ2) is 4.93. The van der Waals surface area contributed by atoms with E-state index in [1.54, 1.807) is 0 Å². The molecule has 86 valence electrons. The van der Waals surface area contributed by atoms with Gasteiger partial charge in [-0.15, -0.1) is 0 Å². The van der Waals surface area contributed by atoms with Gasteiger partial charge in [0.15, 0.2) is 5.78 Å². The zero-order chi connectivity index (χ0) is 11.5. The molecule has 0 saturated heterocycles. The predicted molar refractivity (Wildman–Crippen MR) is 63.6 cm³/mol. The molecule has 1 unspecified atom stereocenters. The molecule has 0 amide bonds. The van der Waals surface area contributed by atoms with Crippen LogP contribution in [0, 0.1) is 5.41 Å². The minimum Gasteiger partial charge on any atom is -0.327 e. The summed E-state index contributed by atoms with van der Waals surface area (Å²) in [4.78, 5) is 11.9. The molecule has 1 aliphatic carbocycles. The van der Waals surface area contributed by atoms with Gasteiger partial charge in [-0.05, 0) is 36.7 Å². The summed E-state index contributed by atoms with van der Waals surface area (Å²) in [6.07, 6.45) is 6.99. The van der Waals surface area contributed by atoms with E-state index < -0.39 is 0 Å². The maximum atomic E-state index is 11.9. The average molecular weight is 209 g/mol. The van der Waals surface area contributed by atoms with Crippen LogP contribution in [0.1, 0.15) is 52.9 Å². The van der Waals surface area contributed by atoms with Crippen molar-refractivity contribution in [2.45, 2.75) is 58.9 Å². The van der Waals surface area contributed by atoms with Gasteiger partial charge in [-0.25, -0.2) is 0 Å². The molecule has 15 heavy (non-hydrogen) atoms. The number of nitrogens with two attached hydrogens (primary N) is 1. The van der Waals surface area contributed by atoms with E-state index >= 15 is 0 Å². The van der Waals surface area contributed by atoms with Crippen LogP contribution in [-0.4, -0.2) is 11.8 Å². The normalized spacial score (nSPS) is 19.6. The van der Waals surface area contributed by atoms with Gasteiger partial charge in [-0.3, -0.25) is 4.79 Å². The highest BCUT2D eigenvalue weighted by molar-refractivity contribution is 5.95. The third-order valence-corrected chi connectivity index (χ3v) is 3.17. The lowest BCUT2D eigenvalue weighted by Gasteiger charge is -2.27. The van der Waals surface area contributed by atoms with Crippen molar-refractivity contribution in [1.82, 2.24) is 0 Å². The Morgan fingerprint density at radius 1 is 1.47 bits per heavy atom. The first-order valence-corrected chi connectivity index (χ1v) is 5.89. The summed E-state index contributed by atoms with van der Waals surface area (Å²) in [5.74, 6) is 0.261. The summed E-state index contributed by atoms with van der Waals surface area (Å²) in [6.45, 7) is 6.25. The molecule has 0 saturated carbocycles. The first kappa shape index (κ1) is 12.4. The van der Waals surface area contributed by atoms with Crippen molar-refractivity contribution < 1.29 is 4.79 Å². The van der Waals surface area contributed by atoms with Crippen LogP contribution in [0.2, 0.25) is 0 Å². The number of allylic oxidation sites excluding steroid dienone is 2. The molecular formula is C13H23NO. The lowest BCUT2D eigenvalue weighted by atomic mass is 9.82. The van der Waals surface area contributed by atoms with Crippen molar-refractivity contribution in [2.75, 3.05) is 0 Å². The molecule has 0 heterocycles. The van der Waals surface area contributed by atoms with Crippen molar-refractivity contribution in [2.24, 2.45) is 11.1 Å². The molecule has 1 aliphatic rings. The molecule has 2 heteroatoms. The number of Topliss-reactive ketones (excluding diaryl/α,β-unsaturated/α-hetero) is 1. The van der Waals surface area contributed by atoms with Gasteiger partial charge in [0.1, 0.15) is 0 Å².